The van der Waals surface area contributed by atoms with Crippen LogP contribution in [0.1, 0.15) is 39.0 Å². The number of nitrogens with one attached hydrogen (secondary N) is 2. The minimum absolute atomic E-state index is 0. The van der Waals surface area contributed by atoms with Crippen LogP contribution in [0.5, 0.6) is 0 Å². The Morgan fingerprint density at radius 3 is 2.48 bits per heavy atom. The molecule has 1 aliphatic heterocycles. The maximum Gasteiger partial charge on any atom is 0.191 e. The summed E-state index contributed by atoms with van der Waals surface area (Å²) in [4.78, 5) is 4.35. The van der Waals surface area contributed by atoms with Crippen molar-refractivity contribution in [2.75, 3.05) is 39.6 Å². The van der Waals surface area contributed by atoms with Gasteiger partial charge in [0.15, 0.2) is 5.96 Å². The number of guanidine groups is 1. The first-order valence-electron chi connectivity index (χ1n) is 7.69. The minimum atomic E-state index is 0. The second-order valence-electron chi connectivity index (χ2n) is 6.42. The lowest BCUT2D eigenvalue weighted by Gasteiger charge is -2.25. The molecule has 2 fully saturated rings. The molecule has 1 saturated heterocycles. The summed E-state index contributed by atoms with van der Waals surface area (Å²) in [6.07, 6.45) is 6.43. The molecular formula is C15H30IN3OS. The summed E-state index contributed by atoms with van der Waals surface area (Å²) in [5.74, 6) is 2.24. The van der Waals surface area contributed by atoms with E-state index in [1.807, 2.05) is 7.05 Å². The molecule has 0 amide bonds. The molecule has 0 aromatic rings. The lowest BCUT2D eigenvalue weighted by Crippen LogP contribution is -2.45. The number of ether oxygens (including phenoxy) is 1. The second kappa shape index (κ2) is 8.82. The predicted molar refractivity (Wildman–Crippen MR) is 103 cm³/mol. The molecule has 6 heteroatoms. The fourth-order valence-corrected chi connectivity index (χ4v) is 3.99. The van der Waals surface area contributed by atoms with Gasteiger partial charge < -0.3 is 15.4 Å². The molecule has 21 heavy (non-hydrogen) atoms. The molecule has 124 valence electrons. The third-order valence-electron chi connectivity index (χ3n) is 4.58. The third kappa shape index (κ3) is 6.14. The van der Waals surface area contributed by atoms with Crippen LogP contribution >= 0.6 is 35.7 Å². The van der Waals surface area contributed by atoms with Gasteiger partial charge in [-0.1, -0.05) is 0 Å². The van der Waals surface area contributed by atoms with Gasteiger partial charge >= 0.3 is 0 Å². The number of aliphatic imine (C=N–C) groups is 1. The SMILES string of the molecule is CN=C(NCC1(CCOC)CC1)NCC1(C)CCCS1.I. The average Bonchev–Trinajstić information content (AvgIpc) is 3.10. The zero-order valence-corrected chi connectivity index (χ0v) is 16.7. The Bertz CT molecular complexity index is 342. The molecule has 1 heterocycles. The molecule has 1 saturated carbocycles. The normalized spacial score (nSPS) is 27.1. The predicted octanol–water partition coefficient (Wildman–Crippen LogP) is 2.87. The zero-order valence-electron chi connectivity index (χ0n) is 13.5. The largest absolute Gasteiger partial charge is 0.385 e. The number of hydrogen-bond donors (Lipinski definition) is 2. The Morgan fingerprint density at radius 2 is 1.95 bits per heavy atom. The quantitative estimate of drug-likeness (QED) is 0.373. The van der Waals surface area contributed by atoms with Crippen LogP contribution in [0.25, 0.3) is 0 Å². The van der Waals surface area contributed by atoms with E-state index in [1.54, 1.807) is 7.11 Å². The number of nitrogens with zero attached hydrogens (tertiary/aromatic N) is 1. The van der Waals surface area contributed by atoms with Gasteiger partial charge in [0.05, 0.1) is 0 Å². The highest BCUT2D eigenvalue weighted by Gasteiger charge is 2.42. The maximum atomic E-state index is 5.20. The molecule has 2 rings (SSSR count). The number of methoxy groups -OCH3 is 1. The molecule has 2 N–H and O–H groups in total. The van der Waals surface area contributed by atoms with Crippen molar-refractivity contribution in [3.8, 4) is 0 Å². The maximum absolute atomic E-state index is 5.20. The van der Waals surface area contributed by atoms with Crippen molar-refractivity contribution in [3.05, 3.63) is 0 Å². The van der Waals surface area contributed by atoms with E-state index in [4.69, 9.17) is 4.74 Å². The summed E-state index contributed by atoms with van der Waals surface area (Å²) in [6.45, 7) is 5.23. The van der Waals surface area contributed by atoms with Gasteiger partial charge in [0.25, 0.3) is 0 Å². The summed E-state index contributed by atoms with van der Waals surface area (Å²) in [7, 11) is 3.64. The highest BCUT2D eigenvalue weighted by Crippen LogP contribution is 2.48. The fourth-order valence-electron chi connectivity index (χ4n) is 2.75. The van der Waals surface area contributed by atoms with Gasteiger partial charge in [-0.25, -0.2) is 0 Å². The van der Waals surface area contributed by atoms with Crippen LogP contribution in [0.15, 0.2) is 4.99 Å². The zero-order chi connectivity index (χ0) is 14.5. The van der Waals surface area contributed by atoms with Crippen LogP contribution in [0.4, 0.5) is 0 Å². The minimum Gasteiger partial charge on any atom is -0.385 e. The first-order valence-corrected chi connectivity index (χ1v) is 8.67. The lowest BCUT2D eigenvalue weighted by molar-refractivity contribution is 0.172. The third-order valence-corrected chi connectivity index (χ3v) is 6.12. The summed E-state index contributed by atoms with van der Waals surface area (Å²) in [5.41, 5.74) is 0.458. The van der Waals surface area contributed by atoms with Crippen molar-refractivity contribution in [3.63, 3.8) is 0 Å². The van der Waals surface area contributed by atoms with Crippen molar-refractivity contribution < 1.29 is 4.74 Å². The summed E-state index contributed by atoms with van der Waals surface area (Å²) in [6, 6.07) is 0. The van der Waals surface area contributed by atoms with E-state index >= 15 is 0 Å². The van der Waals surface area contributed by atoms with Crippen LogP contribution in [0, 0.1) is 5.41 Å². The summed E-state index contributed by atoms with van der Waals surface area (Å²) in [5, 5.41) is 6.99. The number of halogens is 1. The first kappa shape index (κ1) is 19.4. The van der Waals surface area contributed by atoms with Gasteiger partial charge in [0, 0.05) is 38.6 Å². The van der Waals surface area contributed by atoms with Crippen LogP contribution in [-0.2, 0) is 4.74 Å². The van der Waals surface area contributed by atoms with Crippen LogP contribution in [-0.4, -0.2) is 50.3 Å². The van der Waals surface area contributed by atoms with E-state index in [2.05, 4.69) is 34.3 Å². The Labute approximate surface area is 150 Å². The highest BCUT2D eigenvalue weighted by atomic mass is 127. The molecular weight excluding hydrogens is 397 g/mol. The average molecular weight is 427 g/mol. The van der Waals surface area contributed by atoms with Crippen molar-refractivity contribution in [2.24, 2.45) is 10.4 Å². The Kier molecular flexibility index (Phi) is 8.13. The monoisotopic (exact) mass is 427 g/mol. The first-order chi connectivity index (χ1) is 9.61. The molecule has 1 atom stereocenters. The van der Waals surface area contributed by atoms with Gasteiger partial charge in [0.2, 0.25) is 0 Å². The van der Waals surface area contributed by atoms with E-state index < -0.39 is 0 Å². The molecule has 2 aliphatic rings. The topological polar surface area (TPSA) is 45.7 Å². The Morgan fingerprint density at radius 1 is 1.24 bits per heavy atom. The van der Waals surface area contributed by atoms with Gasteiger partial charge in [-0.2, -0.15) is 11.8 Å². The standard InChI is InChI=1S/C15H29N3OS.HI/c1-14(5-4-10-20-14)11-17-13(16-2)18-12-15(6-7-15)8-9-19-3;/h4-12H2,1-3H3,(H2,16,17,18);1H. The number of hydrogen-bond acceptors (Lipinski definition) is 3. The molecule has 0 radical (unpaired) electrons. The summed E-state index contributed by atoms with van der Waals surface area (Å²) < 4.78 is 5.58. The van der Waals surface area contributed by atoms with E-state index in [0.29, 0.717) is 10.2 Å². The fraction of sp³-hybridized carbons (Fsp3) is 0.933. The smallest absolute Gasteiger partial charge is 0.191 e. The Balaban J connectivity index is 0.00000220. The van der Waals surface area contributed by atoms with Crippen molar-refractivity contribution in [2.45, 2.75) is 43.8 Å². The summed E-state index contributed by atoms with van der Waals surface area (Å²) >= 11 is 2.08. The van der Waals surface area contributed by atoms with E-state index in [1.165, 1.54) is 31.4 Å². The lowest BCUT2D eigenvalue weighted by atomic mass is 10.0. The molecule has 0 aromatic heterocycles. The van der Waals surface area contributed by atoms with Gasteiger partial charge in [-0.15, -0.1) is 24.0 Å². The van der Waals surface area contributed by atoms with Crippen LogP contribution < -0.4 is 10.6 Å². The molecule has 1 unspecified atom stereocenters. The molecule has 0 spiro atoms. The van der Waals surface area contributed by atoms with Crippen molar-refractivity contribution >= 4 is 41.7 Å². The van der Waals surface area contributed by atoms with Gasteiger partial charge in [-0.3, -0.25) is 4.99 Å². The molecule has 0 bridgehead atoms. The number of rotatable bonds is 7. The van der Waals surface area contributed by atoms with Crippen molar-refractivity contribution in [1.29, 1.82) is 0 Å². The van der Waals surface area contributed by atoms with E-state index in [9.17, 15) is 0 Å². The van der Waals surface area contributed by atoms with E-state index in [0.717, 1.165) is 32.1 Å². The molecule has 4 nitrogen and oxygen atoms in total. The number of thioether (sulfide) groups is 1. The van der Waals surface area contributed by atoms with Crippen molar-refractivity contribution in [1.82, 2.24) is 10.6 Å². The second-order valence-corrected chi connectivity index (χ2v) is 8.11. The molecule has 1 aliphatic carbocycles. The Hall–Kier alpha value is 0.310. The van der Waals surface area contributed by atoms with E-state index in [-0.39, 0.29) is 24.0 Å². The van der Waals surface area contributed by atoms with Crippen LogP contribution in [0.3, 0.4) is 0 Å². The molecule has 0 aromatic carbocycles. The van der Waals surface area contributed by atoms with Crippen LogP contribution in [0.2, 0.25) is 0 Å². The highest BCUT2D eigenvalue weighted by molar-refractivity contribution is 14.0. The van der Waals surface area contributed by atoms with Gasteiger partial charge in [-0.05, 0) is 50.2 Å². The van der Waals surface area contributed by atoms with Gasteiger partial charge in [0.1, 0.15) is 0 Å².